The van der Waals surface area contributed by atoms with Crippen molar-refractivity contribution in [2.24, 2.45) is 0 Å². The highest BCUT2D eigenvalue weighted by molar-refractivity contribution is 9.09. The fraction of sp³-hybridized carbons (Fsp3) is 0.188. The summed E-state index contributed by atoms with van der Waals surface area (Å²) < 4.78 is 13.2. The van der Waals surface area contributed by atoms with E-state index in [1.54, 1.807) is 0 Å². The minimum absolute atomic E-state index is 0.0564. The topological polar surface area (TPSA) is 49.3 Å². The number of aromatic hydroxyl groups is 1. The van der Waals surface area contributed by atoms with E-state index in [1.165, 1.54) is 11.6 Å². The monoisotopic (exact) mass is 349 g/mol. The maximum Gasteiger partial charge on any atom is 0.255 e. The number of halogens is 2. The first-order valence-electron chi connectivity index (χ1n) is 6.57. The molecule has 5 heteroatoms. The van der Waals surface area contributed by atoms with Gasteiger partial charge in [0.15, 0.2) is 0 Å². The third-order valence-corrected chi connectivity index (χ3v) is 4.51. The van der Waals surface area contributed by atoms with Gasteiger partial charge in [-0.1, -0.05) is 40.2 Å². The Labute approximate surface area is 129 Å². The van der Waals surface area contributed by atoms with Crippen LogP contribution in [0.2, 0.25) is 0 Å². The summed E-state index contributed by atoms with van der Waals surface area (Å²) in [6.07, 6.45) is 0.816. The highest BCUT2D eigenvalue weighted by Gasteiger charge is 2.32. The molecule has 2 aromatic rings. The zero-order valence-electron chi connectivity index (χ0n) is 11.0. The number of carbonyl (C=O) groups is 1. The van der Waals surface area contributed by atoms with Crippen LogP contribution in [0.4, 0.5) is 4.39 Å². The molecule has 2 unspecified atom stereocenters. The first kappa shape index (κ1) is 14.1. The molecule has 0 fully saturated rings. The molecule has 0 saturated heterocycles. The van der Waals surface area contributed by atoms with Gasteiger partial charge in [-0.15, -0.1) is 0 Å². The molecular weight excluding hydrogens is 337 g/mol. The number of benzene rings is 2. The number of nitrogens with one attached hydrogen (secondary N) is 1. The lowest BCUT2D eigenvalue weighted by Crippen LogP contribution is -2.31. The lowest BCUT2D eigenvalue weighted by molar-refractivity contribution is 0.0935. The van der Waals surface area contributed by atoms with Crippen molar-refractivity contribution < 1.29 is 14.3 Å². The molecule has 3 rings (SSSR count). The van der Waals surface area contributed by atoms with Gasteiger partial charge < -0.3 is 10.4 Å². The van der Waals surface area contributed by atoms with Crippen molar-refractivity contribution in [3.63, 3.8) is 0 Å². The molecule has 21 heavy (non-hydrogen) atoms. The molecule has 108 valence electrons. The molecule has 0 spiro atoms. The Balaban J connectivity index is 1.87. The van der Waals surface area contributed by atoms with E-state index in [9.17, 15) is 14.3 Å². The Morgan fingerprint density at radius 2 is 2.05 bits per heavy atom. The molecule has 2 N–H and O–H groups in total. The first-order chi connectivity index (χ1) is 10.1. The Bertz CT molecular complexity index is 704. The van der Waals surface area contributed by atoms with E-state index < -0.39 is 11.7 Å². The van der Waals surface area contributed by atoms with Crippen LogP contribution in [0.15, 0.2) is 42.5 Å². The molecule has 1 amide bonds. The van der Waals surface area contributed by atoms with Crippen molar-refractivity contribution >= 4 is 21.8 Å². The maximum absolute atomic E-state index is 13.2. The van der Waals surface area contributed by atoms with E-state index in [4.69, 9.17) is 0 Å². The first-order valence-corrected chi connectivity index (χ1v) is 7.49. The summed E-state index contributed by atoms with van der Waals surface area (Å²) in [6.45, 7) is 0. The summed E-state index contributed by atoms with van der Waals surface area (Å²) in [6, 6.07) is 11.0. The van der Waals surface area contributed by atoms with Crippen LogP contribution in [-0.4, -0.2) is 15.8 Å². The van der Waals surface area contributed by atoms with Crippen molar-refractivity contribution in [3.8, 4) is 5.75 Å². The summed E-state index contributed by atoms with van der Waals surface area (Å²) in [7, 11) is 0. The molecule has 1 aliphatic carbocycles. The van der Waals surface area contributed by atoms with Gasteiger partial charge in [0.1, 0.15) is 11.6 Å². The van der Waals surface area contributed by atoms with E-state index in [1.807, 2.05) is 24.3 Å². The number of hydrogen-bond acceptors (Lipinski definition) is 2. The average Bonchev–Trinajstić information content (AvgIpc) is 2.78. The van der Waals surface area contributed by atoms with E-state index in [-0.39, 0.29) is 22.2 Å². The normalized spacial score (nSPS) is 20.1. The summed E-state index contributed by atoms with van der Waals surface area (Å²) in [5.41, 5.74) is 2.16. The lowest BCUT2D eigenvalue weighted by atomic mass is 10.1. The Morgan fingerprint density at radius 3 is 2.86 bits per heavy atom. The number of phenolic OH excluding ortho intramolecular Hbond substituents is 1. The number of fused-ring (bicyclic) bond motifs is 1. The zero-order valence-corrected chi connectivity index (χ0v) is 12.6. The van der Waals surface area contributed by atoms with Crippen molar-refractivity contribution in [3.05, 3.63) is 65.0 Å². The van der Waals surface area contributed by atoms with Gasteiger partial charge in [-0.25, -0.2) is 4.39 Å². The van der Waals surface area contributed by atoms with Gasteiger partial charge in [0.25, 0.3) is 5.91 Å². The van der Waals surface area contributed by atoms with E-state index in [0.717, 1.165) is 24.1 Å². The van der Waals surface area contributed by atoms with Crippen molar-refractivity contribution in [1.29, 1.82) is 0 Å². The second-order valence-electron chi connectivity index (χ2n) is 5.03. The Kier molecular flexibility index (Phi) is 3.68. The fourth-order valence-corrected chi connectivity index (χ4v) is 3.39. The highest BCUT2D eigenvalue weighted by Crippen LogP contribution is 2.36. The fourth-order valence-electron chi connectivity index (χ4n) is 2.62. The predicted octanol–water partition coefficient (Wildman–Crippen LogP) is 3.32. The molecule has 0 aliphatic heterocycles. The number of phenols is 1. The second-order valence-corrected chi connectivity index (χ2v) is 6.21. The van der Waals surface area contributed by atoms with E-state index in [0.29, 0.717) is 0 Å². The lowest BCUT2D eigenvalue weighted by Gasteiger charge is -2.18. The number of hydrogen-bond donors (Lipinski definition) is 2. The molecule has 0 heterocycles. The predicted molar refractivity (Wildman–Crippen MR) is 81.1 cm³/mol. The summed E-state index contributed by atoms with van der Waals surface area (Å²) in [5.74, 6) is -1.27. The smallest absolute Gasteiger partial charge is 0.255 e. The second kappa shape index (κ2) is 5.48. The molecule has 0 saturated carbocycles. The van der Waals surface area contributed by atoms with E-state index >= 15 is 0 Å². The van der Waals surface area contributed by atoms with Gasteiger partial charge in [0, 0.05) is 4.83 Å². The quantitative estimate of drug-likeness (QED) is 0.817. The van der Waals surface area contributed by atoms with Gasteiger partial charge in [0.2, 0.25) is 0 Å². The number of rotatable bonds is 2. The molecular formula is C16H13BrFNO2. The highest BCUT2D eigenvalue weighted by atomic mass is 79.9. The van der Waals surface area contributed by atoms with Crippen molar-refractivity contribution in [2.45, 2.75) is 17.3 Å². The Morgan fingerprint density at radius 1 is 1.29 bits per heavy atom. The van der Waals surface area contributed by atoms with Crippen molar-refractivity contribution in [1.82, 2.24) is 5.32 Å². The van der Waals surface area contributed by atoms with Gasteiger partial charge in [-0.2, -0.15) is 0 Å². The van der Waals surface area contributed by atoms with Crippen LogP contribution in [0, 0.1) is 5.82 Å². The molecule has 0 bridgehead atoms. The van der Waals surface area contributed by atoms with Gasteiger partial charge in [0.05, 0.1) is 11.6 Å². The average molecular weight is 350 g/mol. The van der Waals surface area contributed by atoms with Crippen LogP contribution in [0.5, 0.6) is 5.75 Å². The summed E-state index contributed by atoms with van der Waals surface area (Å²) in [4.78, 5) is 12.3. The maximum atomic E-state index is 13.2. The minimum Gasteiger partial charge on any atom is -0.507 e. The van der Waals surface area contributed by atoms with Gasteiger partial charge in [-0.3, -0.25) is 4.79 Å². The van der Waals surface area contributed by atoms with Crippen LogP contribution in [0.3, 0.4) is 0 Å². The zero-order chi connectivity index (χ0) is 15.0. The number of amides is 1. The largest absolute Gasteiger partial charge is 0.507 e. The Hall–Kier alpha value is -1.88. The van der Waals surface area contributed by atoms with Crippen LogP contribution in [-0.2, 0) is 6.42 Å². The van der Waals surface area contributed by atoms with Gasteiger partial charge in [-0.05, 0) is 35.7 Å². The molecule has 2 atom stereocenters. The number of alkyl halides is 1. The molecule has 3 nitrogen and oxygen atoms in total. The number of carbonyl (C=O) groups excluding carboxylic acids is 1. The van der Waals surface area contributed by atoms with E-state index in [2.05, 4.69) is 21.2 Å². The van der Waals surface area contributed by atoms with Crippen LogP contribution in [0.1, 0.15) is 27.5 Å². The van der Waals surface area contributed by atoms with Crippen LogP contribution < -0.4 is 5.32 Å². The third-order valence-electron chi connectivity index (χ3n) is 3.66. The van der Waals surface area contributed by atoms with Crippen LogP contribution in [0.25, 0.3) is 0 Å². The SMILES string of the molecule is O=C(NC1c2ccccc2CC1Br)c1cc(F)ccc1O. The minimum atomic E-state index is -0.555. The molecule has 0 radical (unpaired) electrons. The molecule has 0 aromatic heterocycles. The van der Waals surface area contributed by atoms with Crippen molar-refractivity contribution in [2.75, 3.05) is 0 Å². The molecule has 1 aliphatic rings. The van der Waals surface area contributed by atoms with Gasteiger partial charge >= 0.3 is 0 Å². The summed E-state index contributed by atoms with van der Waals surface area (Å²) in [5, 5.41) is 12.6. The van der Waals surface area contributed by atoms with Crippen LogP contribution >= 0.6 is 15.9 Å². The summed E-state index contributed by atoms with van der Waals surface area (Å²) >= 11 is 3.57. The third kappa shape index (κ3) is 2.65. The standard InChI is InChI=1S/C16H13BrFNO2/c17-13-7-9-3-1-2-4-11(9)15(13)19-16(21)12-8-10(18)5-6-14(12)20/h1-6,8,13,15,20H,7H2,(H,19,21). The molecule has 2 aromatic carbocycles.